The van der Waals surface area contributed by atoms with Crippen molar-refractivity contribution in [2.45, 2.75) is 0 Å². The monoisotopic (exact) mass is 364 g/mol. The van der Waals surface area contributed by atoms with Crippen LogP contribution in [0.15, 0.2) is 52.4 Å². The third kappa shape index (κ3) is 4.61. The van der Waals surface area contributed by atoms with Crippen molar-refractivity contribution in [1.29, 1.82) is 0 Å². The minimum Gasteiger partial charge on any atom is -0.370 e. The molecule has 0 saturated heterocycles. The van der Waals surface area contributed by atoms with Crippen LogP contribution in [0.3, 0.4) is 0 Å². The molecule has 0 aliphatic heterocycles. The van der Waals surface area contributed by atoms with Crippen LogP contribution in [-0.4, -0.2) is 17.8 Å². The Labute approximate surface area is 148 Å². The Morgan fingerprint density at radius 3 is 2.29 bits per heavy atom. The first-order valence-corrected chi connectivity index (χ1v) is 7.41. The number of carbonyl (C=O) groups excluding carboxylic acids is 1. The molecule has 0 atom stereocenters. The molecular weight excluding hydrogens is 351 g/mol. The topological polar surface area (TPSA) is 132 Å². The molecule has 0 unspecified atom stereocenters. The Kier molecular flexibility index (Phi) is 5.62. The van der Waals surface area contributed by atoms with Crippen LogP contribution < -0.4 is 22.5 Å². The van der Waals surface area contributed by atoms with E-state index < -0.39 is 0 Å². The number of hydrogen-bond acceptors (Lipinski definition) is 2. The lowest BCUT2D eigenvalue weighted by molar-refractivity contribution is 0.102. The number of rotatable bonds is 3. The summed E-state index contributed by atoms with van der Waals surface area (Å²) in [5, 5.41) is 3.16. The summed E-state index contributed by atoms with van der Waals surface area (Å²) in [5.41, 5.74) is 17.1. The average Bonchev–Trinajstić information content (AvgIpc) is 2.52. The van der Waals surface area contributed by atoms with E-state index in [1.165, 1.54) is 12.1 Å². The smallest absolute Gasteiger partial charge is 0.255 e. The summed E-state index contributed by atoms with van der Waals surface area (Å²) >= 11 is 12.2. The van der Waals surface area contributed by atoms with Gasteiger partial charge in [0.1, 0.15) is 0 Å². The van der Waals surface area contributed by atoms with Gasteiger partial charge in [-0.3, -0.25) is 4.79 Å². The number of carbonyl (C=O) groups is 1. The van der Waals surface area contributed by atoms with Crippen molar-refractivity contribution >= 4 is 52.4 Å². The number of aliphatic imine (C=N–C) groups is 2. The van der Waals surface area contributed by atoms with Gasteiger partial charge in [0.25, 0.3) is 5.91 Å². The minimum absolute atomic E-state index is 0.181. The van der Waals surface area contributed by atoms with E-state index in [0.29, 0.717) is 11.3 Å². The molecule has 24 heavy (non-hydrogen) atoms. The first kappa shape index (κ1) is 17.6. The highest BCUT2D eigenvalue weighted by atomic mass is 35.5. The second kappa shape index (κ2) is 7.67. The predicted octanol–water partition coefficient (Wildman–Crippen LogP) is 2.47. The largest absolute Gasteiger partial charge is 0.370 e. The molecule has 0 aliphatic rings. The molecule has 124 valence electrons. The van der Waals surface area contributed by atoms with Gasteiger partial charge < -0.3 is 22.5 Å². The fourth-order valence-corrected chi connectivity index (χ4v) is 2.26. The Morgan fingerprint density at radius 2 is 1.67 bits per heavy atom. The highest BCUT2D eigenvalue weighted by Gasteiger charge is 2.11. The first-order valence-electron chi connectivity index (χ1n) is 6.66. The number of amides is 1. The fraction of sp³-hybridized carbons (Fsp3) is 0. The zero-order chi connectivity index (χ0) is 17.7. The van der Waals surface area contributed by atoms with Crippen molar-refractivity contribution in [1.82, 2.24) is 0 Å². The standard InChI is InChI=1S/C15H14Cl2N6O/c16-9-6-10(17)12(22-15(20)23-14(18)19)7-11(9)21-13(24)8-4-2-1-3-5-8/h1-7H,(H,21,24)(H6,18,19,20,22,23). The molecule has 0 radical (unpaired) electrons. The number of halogens is 2. The summed E-state index contributed by atoms with van der Waals surface area (Å²) < 4.78 is 0. The van der Waals surface area contributed by atoms with Gasteiger partial charge in [0, 0.05) is 5.56 Å². The minimum atomic E-state index is -0.327. The highest BCUT2D eigenvalue weighted by Crippen LogP contribution is 2.34. The Balaban J connectivity index is 2.33. The molecule has 0 saturated carbocycles. The van der Waals surface area contributed by atoms with Crippen LogP contribution in [0.4, 0.5) is 11.4 Å². The summed E-state index contributed by atoms with van der Waals surface area (Å²) in [6, 6.07) is 11.6. The van der Waals surface area contributed by atoms with E-state index in [0.717, 1.165) is 0 Å². The number of guanidine groups is 2. The molecule has 0 bridgehead atoms. The average molecular weight is 365 g/mol. The lowest BCUT2D eigenvalue weighted by atomic mass is 10.2. The van der Waals surface area contributed by atoms with Gasteiger partial charge in [0.15, 0.2) is 5.96 Å². The van der Waals surface area contributed by atoms with E-state index in [1.807, 2.05) is 6.07 Å². The second-order valence-electron chi connectivity index (χ2n) is 4.61. The predicted molar refractivity (Wildman–Crippen MR) is 97.9 cm³/mol. The zero-order valence-electron chi connectivity index (χ0n) is 12.3. The van der Waals surface area contributed by atoms with E-state index in [-0.39, 0.29) is 33.6 Å². The van der Waals surface area contributed by atoms with Crippen molar-refractivity contribution in [3.05, 3.63) is 58.1 Å². The molecule has 0 spiro atoms. The molecule has 2 aromatic carbocycles. The number of nitrogens with one attached hydrogen (secondary N) is 1. The molecule has 7 nitrogen and oxygen atoms in total. The van der Waals surface area contributed by atoms with Crippen molar-refractivity contribution in [3.8, 4) is 0 Å². The molecular formula is C15H14Cl2N6O. The van der Waals surface area contributed by atoms with Crippen LogP contribution in [0.25, 0.3) is 0 Å². The zero-order valence-corrected chi connectivity index (χ0v) is 13.8. The van der Waals surface area contributed by atoms with Crippen molar-refractivity contribution in [2.24, 2.45) is 27.2 Å². The number of nitrogens with zero attached hydrogens (tertiary/aromatic N) is 2. The molecule has 0 aliphatic carbocycles. The third-order valence-corrected chi connectivity index (χ3v) is 3.41. The third-order valence-electron chi connectivity index (χ3n) is 2.80. The molecule has 0 heterocycles. The van der Waals surface area contributed by atoms with Crippen molar-refractivity contribution in [2.75, 3.05) is 5.32 Å². The molecule has 9 heteroatoms. The van der Waals surface area contributed by atoms with Gasteiger partial charge >= 0.3 is 0 Å². The van der Waals surface area contributed by atoms with E-state index in [1.54, 1.807) is 24.3 Å². The van der Waals surface area contributed by atoms with E-state index >= 15 is 0 Å². The van der Waals surface area contributed by atoms with Gasteiger partial charge in [0.05, 0.1) is 21.4 Å². The molecule has 1 amide bonds. The Bertz CT molecular complexity index is 816. The number of hydrogen-bond donors (Lipinski definition) is 4. The number of anilines is 1. The van der Waals surface area contributed by atoms with Crippen LogP contribution in [0.1, 0.15) is 10.4 Å². The lowest BCUT2D eigenvalue weighted by Gasteiger charge is -2.09. The molecule has 0 fully saturated rings. The highest BCUT2D eigenvalue weighted by molar-refractivity contribution is 6.38. The van der Waals surface area contributed by atoms with Gasteiger partial charge in [-0.05, 0) is 24.3 Å². The summed E-state index contributed by atoms with van der Waals surface area (Å²) in [4.78, 5) is 19.8. The maximum absolute atomic E-state index is 12.2. The molecule has 2 aromatic rings. The van der Waals surface area contributed by atoms with Crippen LogP contribution in [-0.2, 0) is 0 Å². The summed E-state index contributed by atoms with van der Waals surface area (Å²) in [7, 11) is 0. The van der Waals surface area contributed by atoms with Crippen molar-refractivity contribution < 1.29 is 4.79 Å². The van der Waals surface area contributed by atoms with E-state index in [4.69, 9.17) is 40.4 Å². The summed E-state index contributed by atoms with van der Waals surface area (Å²) in [6.07, 6.45) is 0. The van der Waals surface area contributed by atoms with Gasteiger partial charge in [-0.2, -0.15) is 4.99 Å². The molecule has 0 aromatic heterocycles. The van der Waals surface area contributed by atoms with Crippen LogP contribution in [0.2, 0.25) is 10.0 Å². The van der Waals surface area contributed by atoms with Gasteiger partial charge in [-0.15, -0.1) is 0 Å². The lowest BCUT2D eigenvalue weighted by Crippen LogP contribution is -2.26. The Hall–Kier alpha value is -2.77. The van der Waals surface area contributed by atoms with Gasteiger partial charge in [-0.1, -0.05) is 41.4 Å². The summed E-state index contributed by atoms with van der Waals surface area (Å²) in [5.74, 6) is -0.745. The van der Waals surface area contributed by atoms with E-state index in [9.17, 15) is 4.79 Å². The van der Waals surface area contributed by atoms with Crippen LogP contribution in [0.5, 0.6) is 0 Å². The fourth-order valence-electron chi connectivity index (χ4n) is 1.78. The van der Waals surface area contributed by atoms with Gasteiger partial charge in [-0.25, -0.2) is 4.99 Å². The van der Waals surface area contributed by atoms with Gasteiger partial charge in [0.2, 0.25) is 5.96 Å². The van der Waals surface area contributed by atoms with Crippen molar-refractivity contribution in [3.63, 3.8) is 0 Å². The SMILES string of the molecule is NC(N)=NC(N)=Nc1cc(NC(=O)c2ccccc2)c(Cl)cc1Cl. The van der Waals surface area contributed by atoms with Crippen LogP contribution >= 0.6 is 23.2 Å². The molecule has 7 N–H and O–H groups in total. The second-order valence-corrected chi connectivity index (χ2v) is 5.42. The number of nitrogens with two attached hydrogens (primary N) is 3. The molecule has 2 rings (SSSR count). The van der Waals surface area contributed by atoms with Crippen LogP contribution in [0, 0.1) is 0 Å². The quantitative estimate of drug-likeness (QED) is 0.491. The first-order chi connectivity index (χ1) is 11.4. The normalized spacial score (nSPS) is 11.0. The Morgan fingerprint density at radius 1 is 1.00 bits per heavy atom. The summed E-state index contributed by atoms with van der Waals surface area (Å²) in [6.45, 7) is 0. The number of benzene rings is 2. The maximum atomic E-state index is 12.2. The maximum Gasteiger partial charge on any atom is 0.255 e. The van der Waals surface area contributed by atoms with E-state index in [2.05, 4.69) is 15.3 Å².